The van der Waals surface area contributed by atoms with E-state index in [4.69, 9.17) is 4.74 Å². The fourth-order valence-corrected chi connectivity index (χ4v) is 4.48. The average Bonchev–Trinajstić information content (AvgIpc) is 3.15. The Labute approximate surface area is 202 Å². The largest absolute Gasteiger partial charge is 0.463 e. The molecule has 3 aromatic rings. The quantitative estimate of drug-likeness (QED) is 0.393. The lowest BCUT2D eigenvalue weighted by atomic mass is 9.94. The summed E-state index contributed by atoms with van der Waals surface area (Å²) in [6.07, 6.45) is 0. The maximum atomic E-state index is 13.1. The van der Waals surface area contributed by atoms with Crippen molar-refractivity contribution in [2.75, 3.05) is 13.7 Å². The molecule has 178 valence electrons. The van der Waals surface area contributed by atoms with Crippen molar-refractivity contribution in [3.05, 3.63) is 72.7 Å². The highest BCUT2D eigenvalue weighted by atomic mass is 79.9. The lowest BCUT2D eigenvalue weighted by Gasteiger charge is -2.34. The number of likely N-dealkylation sites (N-methyl/N-ethyl adjacent to an activating group) is 1. The average molecular weight is 531 g/mol. The van der Waals surface area contributed by atoms with E-state index in [1.807, 2.05) is 18.2 Å². The van der Waals surface area contributed by atoms with E-state index < -0.39 is 29.3 Å². The lowest BCUT2D eigenvalue weighted by molar-refractivity contribution is -0.139. The first-order valence-corrected chi connectivity index (χ1v) is 11.3. The molecule has 0 aliphatic carbocycles. The van der Waals surface area contributed by atoms with Gasteiger partial charge in [-0.1, -0.05) is 30.3 Å². The molecule has 1 aliphatic heterocycles. The molecule has 1 atom stereocenters. The standard InChI is InChI=1S/C22H23BrN6O5/c1-5-34-19(31)14-13(26(2)21(32)24-15(14)12-9-7-6-8-10-12)11-29-16-17(25-20(29)23)27(3)22(33)28(4)18(16)30/h6-10,15H,5,11H2,1-4H3,(H,24,32)/t15-/m1/s1. The fraction of sp³-hybridized carbons (Fsp3) is 0.318. The Hall–Kier alpha value is -3.67. The first-order valence-electron chi connectivity index (χ1n) is 10.5. The Balaban J connectivity index is 1.98. The Morgan fingerprint density at radius 3 is 2.44 bits per heavy atom. The number of amides is 2. The summed E-state index contributed by atoms with van der Waals surface area (Å²) in [6.45, 7) is 1.80. The molecule has 0 saturated heterocycles. The van der Waals surface area contributed by atoms with Crippen LogP contribution in [0.25, 0.3) is 11.2 Å². The van der Waals surface area contributed by atoms with Crippen LogP contribution in [0.3, 0.4) is 0 Å². The second kappa shape index (κ2) is 8.93. The minimum atomic E-state index is -0.750. The Bertz CT molecular complexity index is 1450. The SMILES string of the molecule is CCOC(=O)C1=C(Cn2c(Br)nc3c2c(=O)n(C)c(=O)n3C)N(C)C(=O)N[C@@H]1c1ccccc1. The molecule has 1 aliphatic rings. The number of carbonyl (C=O) groups excluding carboxylic acids is 2. The van der Waals surface area contributed by atoms with Crippen LogP contribution in [-0.2, 0) is 30.2 Å². The second-order valence-corrected chi connectivity index (χ2v) is 8.49. The predicted molar refractivity (Wildman–Crippen MR) is 127 cm³/mol. The second-order valence-electron chi connectivity index (χ2n) is 7.78. The van der Waals surface area contributed by atoms with Gasteiger partial charge >= 0.3 is 17.7 Å². The molecule has 0 radical (unpaired) electrons. The number of hydrogen-bond donors (Lipinski definition) is 1. The Morgan fingerprint density at radius 1 is 1.12 bits per heavy atom. The maximum absolute atomic E-state index is 13.1. The summed E-state index contributed by atoms with van der Waals surface area (Å²) in [5, 5.41) is 2.85. The zero-order valence-corrected chi connectivity index (χ0v) is 20.6. The molecule has 0 bridgehead atoms. The highest BCUT2D eigenvalue weighted by Gasteiger charge is 2.37. The topological polar surface area (TPSA) is 120 Å². The molecule has 11 nitrogen and oxygen atoms in total. The van der Waals surface area contributed by atoms with Gasteiger partial charge in [0.05, 0.1) is 30.5 Å². The summed E-state index contributed by atoms with van der Waals surface area (Å²) in [7, 11) is 4.43. The molecule has 2 amide bonds. The number of nitrogens with zero attached hydrogens (tertiary/aromatic N) is 5. The normalized spacial score (nSPS) is 16.2. The Morgan fingerprint density at radius 2 is 1.79 bits per heavy atom. The minimum absolute atomic E-state index is 0.0497. The maximum Gasteiger partial charge on any atom is 0.338 e. The van der Waals surface area contributed by atoms with Crippen LogP contribution in [-0.4, -0.2) is 49.2 Å². The van der Waals surface area contributed by atoms with Gasteiger partial charge in [-0.2, -0.15) is 0 Å². The van der Waals surface area contributed by atoms with Gasteiger partial charge in [0.2, 0.25) is 0 Å². The van der Waals surface area contributed by atoms with E-state index in [0.717, 1.165) is 4.57 Å². The molecule has 2 aromatic heterocycles. The fourth-order valence-electron chi connectivity index (χ4n) is 4.01. The third kappa shape index (κ3) is 3.73. The van der Waals surface area contributed by atoms with Gasteiger partial charge in [0.1, 0.15) is 0 Å². The highest BCUT2D eigenvalue weighted by molar-refractivity contribution is 9.10. The molecule has 34 heavy (non-hydrogen) atoms. The van der Waals surface area contributed by atoms with Crippen LogP contribution in [0, 0.1) is 0 Å². The van der Waals surface area contributed by atoms with E-state index in [9.17, 15) is 19.2 Å². The van der Waals surface area contributed by atoms with Gasteiger partial charge in [0.25, 0.3) is 5.56 Å². The number of rotatable bonds is 5. The monoisotopic (exact) mass is 530 g/mol. The number of carbonyl (C=O) groups is 2. The van der Waals surface area contributed by atoms with Crippen molar-refractivity contribution in [2.45, 2.75) is 19.5 Å². The first-order chi connectivity index (χ1) is 16.2. The van der Waals surface area contributed by atoms with Gasteiger partial charge in [0, 0.05) is 21.1 Å². The molecule has 12 heteroatoms. The van der Waals surface area contributed by atoms with Crippen LogP contribution in [0.5, 0.6) is 0 Å². The minimum Gasteiger partial charge on any atom is -0.463 e. The highest BCUT2D eigenvalue weighted by Crippen LogP contribution is 2.32. The van der Waals surface area contributed by atoms with Crippen molar-refractivity contribution >= 4 is 39.1 Å². The van der Waals surface area contributed by atoms with E-state index in [1.165, 1.54) is 35.2 Å². The number of aryl methyl sites for hydroxylation is 1. The van der Waals surface area contributed by atoms with Crippen molar-refractivity contribution in [1.29, 1.82) is 0 Å². The molecule has 3 heterocycles. The number of hydrogen-bond acceptors (Lipinski definition) is 6. The lowest BCUT2D eigenvalue weighted by Crippen LogP contribution is -2.47. The number of nitrogens with one attached hydrogen (secondary N) is 1. The van der Waals surface area contributed by atoms with E-state index >= 15 is 0 Å². The Kier molecular flexibility index (Phi) is 6.17. The summed E-state index contributed by atoms with van der Waals surface area (Å²) >= 11 is 3.37. The van der Waals surface area contributed by atoms with Gasteiger partial charge in [-0.15, -0.1) is 0 Å². The van der Waals surface area contributed by atoms with Gasteiger partial charge in [-0.05, 0) is 28.4 Å². The molecule has 0 unspecified atom stereocenters. The molecule has 0 saturated carbocycles. The summed E-state index contributed by atoms with van der Waals surface area (Å²) in [6, 6.07) is 7.91. The van der Waals surface area contributed by atoms with E-state index in [2.05, 4.69) is 26.2 Å². The molecule has 4 rings (SSSR count). The number of ether oxygens (including phenoxy) is 1. The number of fused-ring (bicyclic) bond motifs is 1. The summed E-state index contributed by atoms with van der Waals surface area (Å²) in [5.41, 5.74) is 0.565. The molecule has 1 aromatic carbocycles. The third-order valence-electron chi connectivity index (χ3n) is 5.81. The van der Waals surface area contributed by atoms with Crippen molar-refractivity contribution < 1.29 is 14.3 Å². The van der Waals surface area contributed by atoms with Gasteiger partial charge < -0.3 is 14.6 Å². The number of esters is 1. The zero-order valence-electron chi connectivity index (χ0n) is 19.0. The summed E-state index contributed by atoms with van der Waals surface area (Å²) in [4.78, 5) is 57.0. The van der Waals surface area contributed by atoms with Crippen LogP contribution >= 0.6 is 15.9 Å². The van der Waals surface area contributed by atoms with E-state index in [1.54, 1.807) is 19.1 Å². The van der Waals surface area contributed by atoms with Crippen LogP contribution in [0.2, 0.25) is 0 Å². The van der Waals surface area contributed by atoms with Crippen LogP contribution in [0.15, 0.2) is 55.9 Å². The number of urea groups is 1. The predicted octanol–water partition coefficient (Wildman–Crippen LogP) is 1.41. The summed E-state index contributed by atoms with van der Waals surface area (Å²) in [5.74, 6) is -0.584. The molecule has 1 N–H and O–H groups in total. The number of imidazole rings is 1. The van der Waals surface area contributed by atoms with Gasteiger partial charge in [-0.3, -0.25) is 18.8 Å². The smallest absolute Gasteiger partial charge is 0.338 e. The zero-order chi connectivity index (χ0) is 24.7. The number of aromatic nitrogens is 4. The molecular formula is C22H23BrN6O5. The molecule has 0 fully saturated rings. The number of allylic oxidation sites excluding steroid dienone is 1. The van der Waals surface area contributed by atoms with Crippen molar-refractivity contribution in [3.8, 4) is 0 Å². The van der Waals surface area contributed by atoms with Gasteiger partial charge in [0.15, 0.2) is 15.9 Å². The van der Waals surface area contributed by atoms with Gasteiger partial charge in [-0.25, -0.2) is 19.4 Å². The van der Waals surface area contributed by atoms with Crippen molar-refractivity contribution in [2.24, 2.45) is 14.1 Å². The van der Waals surface area contributed by atoms with Crippen LogP contribution in [0.1, 0.15) is 18.5 Å². The van der Waals surface area contributed by atoms with Crippen LogP contribution in [0.4, 0.5) is 4.79 Å². The first kappa shape index (κ1) is 23.5. The van der Waals surface area contributed by atoms with Crippen molar-refractivity contribution in [1.82, 2.24) is 28.9 Å². The van der Waals surface area contributed by atoms with Crippen molar-refractivity contribution in [3.63, 3.8) is 0 Å². The summed E-state index contributed by atoms with van der Waals surface area (Å²) < 4.78 is 9.39. The molecule has 0 spiro atoms. The van der Waals surface area contributed by atoms with E-state index in [0.29, 0.717) is 11.3 Å². The number of halogens is 1. The number of benzene rings is 1. The molecular weight excluding hydrogens is 508 g/mol. The van der Waals surface area contributed by atoms with E-state index in [-0.39, 0.29) is 34.6 Å². The van der Waals surface area contributed by atoms with Crippen LogP contribution < -0.4 is 16.6 Å². The third-order valence-corrected chi connectivity index (χ3v) is 6.42.